The van der Waals surface area contributed by atoms with E-state index in [4.69, 9.17) is 46.4 Å². The van der Waals surface area contributed by atoms with Crippen LogP contribution in [0.1, 0.15) is 70.2 Å². The summed E-state index contributed by atoms with van der Waals surface area (Å²) in [6.07, 6.45) is 10.0. The van der Waals surface area contributed by atoms with Gasteiger partial charge in [-0.1, -0.05) is 101 Å². The van der Waals surface area contributed by atoms with Crippen LogP contribution in [0.25, 0.3) is 43.8 Å². The monoisotopic (exact) mass is 956 g/mol. The van der Waals surface area contributed by atoms with E-state index in [0.29, 0.717) is 0 Å². The van der Waals surface area contributed by atoms with Gasteiger partial charge in [-0.3, -0.25) is 6.08 Å². The van der Waals surface area contributed by atoms with Crippen molar-refractivity contribution in [2.75, 3.05) is 0 Å². The van der Waals surface area contributed by atoms with E-state index in [9.17, 15) is 0 Å². The zero-order valence-corrected chi connectivity index (χ0v) is 40.3. The van der Waals surface area contributed by atoms with Crippen molar-refractivity contribution in [3.8, 4) is 22.3 Å². The second kappa shape index (κ2) is 20.6. The molecule has 0 bridgehead atoms. The maximum absolute atomic E-state index is 6.20. The molecule has 1 aliphatic carbocycles. The van der Waals surface area contributed by atoms with Crippen molar-refractivity contribution in [3.05, 3.63) is 194 Å². The molecule has 7 heteroatoms. The standard InChI is InChI=1S/C33H31Cl2.C13H8Cl2.C5H5.2ClH.Zr/c1-32(2,3)30-18-26-22(16-28(30)20-7-11-24(34)12-8-20)15-23-17-29(21-9-13-25(35)14-10-21)31(19-27(23)26)33(4,5)6;14-12-5-1-10(2-6-12)9-11-3-7-13(15)8-4-11;1-2-4-5-3-1;;;/h7-19H,1-6H3;1-8H;1-3H,4H2;2*1H;/q-1;;-1;;;+2/p-2. The van der Waals surface area contributed by atoms with Crippen LogP contribution < -0.4 is 24.8 Å². The fourth-order valence-corrected chi connectivity index (χ4v) is 8.15. The number of rotatable bonds is 4. The first-order chi connectivity index (χ1) is 26.6. The summed E-state index contributed by atoms with van der Waals surface area (Å²) in [5.41, 5.74) is 10.1. The Bertz CT molecular complexity index is 2350. The predicted octanol–water partition coefficient (Wildman–Crippen LogP) is 10.4. The Morgan fingerprint density at radius 1 is 0.534 bits per heavy atom. The van der Waals surface area contributed by atoms with Crippen molar-refractivity contribution < 1.29 is 49.0 Å². The van der Waals surface area contributed by atoms with Crippen molar-refractivity contribution in [1.82, 2.24) is 0 Å². The van der Waals surface area contributed by atoms with Crippen LogP contribution in [0.3, 0.4) is 0 Å². The zero-order valence-electron chi connectivity index (χ0n) is 33.3. The van der Waals surface area contributed by atoms with E-state index in [0.717, 1.165) is 26.5 Å². The fourth-order valence-electron chi connectivity index (χ4n) is 6.82. The third-order valence-electron chi connectivity index (χ3n) is 9.76. The summed E-state index contributed by atoms with van der Waals surface area (Å²) in [5.74, 6) is 0. The third-order valence-corrected chi connectivity index (χ3v) is 12.2. The summed E-state index contributed by atoms with van der Waals surface area (Å²) in [5, 5.41) is 8.22. The largest absolute Gasteiger partial charge is 1.00 e. The molecule has 0 saturated heterocycles. The van der Waals surface area contributed by atoms with Gasteiger partial charge in [0.25, 0.3) is 0 Å². The Morgan fingerprint density at radius 3 is 1.16 bits per heavy atom. The van der Waals surface area contributed by atoms with E-state index in [1.165, 1.54) is 93.5 Å². The fraction of sp³-hybridized carbons (Fsp3) is 0.176. The Balaban J connectivity index is 0.000000268. The summed E-state index contributed by atoms with van der Waals surface area (Å²) < 4.78 is 1.31. The molecule has 0 aliphatic heterocycles. The first-order valence-corrected chi connectivity index (χ1v) is 21.4. The van der Waals surface area contributed by atoms with Gasteiger partial charge in [0.15, 0.2) is 0 Å². The maximum atomic E-state index is 6.20. The van der Waals surface area contributed by atoms with Gasteiger partial charge >= 0.3 is 120 Å². The van der Waals surface area contributed by atoms with E-state index in [1.807, 2.05) is 84.9 Å². The molecule has 0 fully saturated rings. The normalized spacial score (nSPS) is 11.9. The van der Waals surface area contributed by atoms with Gasteiger partial charge in [0.1, 0.15) is 0 Å². The smallest absolute Gasteiger partial charge is 0.109 e. The quantitative estimate of drug-likeness (QED) is 0.154. The molecule has 0 nitrogen and oxygen atoms in total. The van der Waals surface area contributed by atoms with Gasteiger partial charge in [0, 0.05) is 10.0 Å². The van der Waals surface area contributed by atoms with Crippen molar-refractivity contribution in [2.24, 2.45) is 0 Å². The van der Waals surface area contributed by atoms with Gasteiger partial charge in [0.05, 0.1) is 0 Å². The molecule has 0 amide bonds. The molecule has 58 heavy (non-hydrogen) atoms. The average Bonchev–Trinajstić information content (AvgIpc) is 3.86. The van der Waals surface area contributed by atoms with Gasteiger partial charge in [-0.25, -0.2) is 12.2 Å². The van der Waals surface area contributed by atoms with E-state index < -0.39 is 0 Å². The molecule has 0 saturated carbocycles. The molecule has 0 radical (unpaired) electrons. The number of halogens is 6. The minimum atomic E-state index is 0. The van der Waals surface area contributed by atoms with E-state index >= 15 is 0 Å². The van der Waals surface area contributed by atoms with Crippen LogP contribution >= 0.6 is 46.4 Å². The number of allylic oxidation sites excluding steroid dienone is 4. The van der Waals surface area contributed by atoms with Crippen molar-refractivity contribution >= 4 is 71.2 Å². The molecule has 0 spiro atoms. The summed E-state index contributed by atoms with van der Waals surface area (Å²) in [6, 6.07) is 44.1. The van der Waals surface area contributed by atoms with Crippen LogP contribution in [0.5, 0.6) is 0 Å². The Kier molecular flexibility index (Phi) is 17.0. The minimum absolute atomic E-state index is 0. The average molecular weight is 961 g/mol. The first kappa shape index (κ1) is 47.8. The summed E-state index contributed by atoms with van der Waals surface area (Å²) in [6.45, 7) is 13.7. The van der Waals surface area contributed by atoms with E-state index in [1.54, 1.807) is 0 Å². The number of benzene rings is 6. The Hall–Kier alpha value is -2.84. The molecule has 0 unspecified atom stereocenters. The molecular formula is C51H44Cl6Zr-2. The van der Waals surface area contributed by atoms with Gasteiger partial charge in [0.2, 0.25) is 0 Å². The van der Waals surface area contributed by atoms with E-state index in [2.05, 4.69) is 108 Å². The van der Waals surface area contributed by atoms with Gasteiger partial charge in [-0.2, -0.15) is 6.08 Å². The molecular weight excluding hydrogens is 917 g/mol. The molecule has 0 atom stereocenters. The van der Waals surface area contributed by atoms with Crippen LogP contribution in [0.2, 0.25) is 20.1 Å². The molecule has 7 aromatic carbocycles. The van der Waals surface area contributed by atoms with E-state index in [-0.39, 0.29) is 35.6 Å². The molecule has 0 heterocycles. The number of hydrogen-bond acceptors (Lipinski definition) is 0. The summed E-state index contributed by atoms with van der Waals surface area (Å²) in [4.78, 5) is 0. The predicted molar refractivity (Wildman–Crippen MR) is 243 cm³/mol. The number of hydrogen-bond donors (Lipinski definition) is 0. The Labute approximate surface area is 391 Å². The minimum Gasteiger partial charge on any atom is -1.00 e. The molecule has 8 rings (SSSR count). The summed E-state index contributed by atoms with van der Waals surface area (Å²) in [7, 11) is 0. The van der Waals surface area contributed by atoms with Crippen LogP contribution in [-0.2, 0) is 35.1 Å². The topological polar surface area (TPSA) is 0 Å². The third kappa shape index (κ3) is 11.9. The van der Waals surface area contributed by atoms with Crippen LogP contribution in [0.4, 0.5) is 0 Å². The zero-order chi connectivity index (χ0) is 40.2. The second-order valence-electron chi connectivity index (χ2n) is 16.0. The van der Waals surface area contributed by atoms with Crippen LogP contribution in [0.15, 0.2) is 146 Å². The SMILES string of the molecule is CC(C)(C)c1cc2c(cc1-c1ccc(Cl)cc1)[cH-]c1cc(-c3ccc(Cl)cc3)c(C(C)(C)C)cc12.Clc1ccc([C](=[Zr+2])c2ccc(Cl)cc2)cc1.[C-]1=CC=CC1.[Cl-].[Cl-]. The van der Waals surface area contributed by atoms with Crippen molar-refractivity contribution in [3.63, 3.8) is 0 Å². The number of fused-ring (bicyclic) bond motifs is 3. The van der Waals surface area contributed by atoms with Gasteiger partial charge in [-0.15, -0.1) is 46.2 Å². The Morgan fingerprint density at radius 2 is 0.879 bits per heavy atom. The van der Waals surface area contributed by atoms with Gasteiger partial charge in [-0.05, 0) is 68.5 Å². The van der Waals surface area contributed by atoms with Crippen molar-refractivity contribution in [2.45, 2.75) is 58.8 Å². The summed E-state index contributed by atoms with van der Waals surface area (Å²) >= 11 is 25.5. The molecule has 0 N–H and O–H groups in total. The second-order valence-corrected chi connectivity index (χ2v) is 19.0. The van der Waals surface area contributed by atoms with Crippen LogP contribution in [-0.4, -0.2) is 3.21 Å². The maximum Gasteiger partial charge on any atom is -0.109 e. The molecule has 296 valence electrons. The van der Waals surface area contributed by atoms with Crippen molar-refractivity contribution in [1.29, 1.82) is 0 Å². The molecule has 1 aliphatic rings. The van der Waals surface area contributed by atoms with Crippen LogP contribution in [0, 0.1) is 6.08 Å². The first-order valence-electron chi connectivity index (χ1n) is 18.6. The van der Waals surface area contributed by atoms with Gasteiger partial charge < -0.3 is 24.8 Å². The molecule has 0 aromatic heterocycles. The molecule has 7 aromatic rings.